The Morgan fingerprint density at radius 2 is 1.67 bits per heavy atom. The highest BCUT2D eigenvalue weighted by Gasteiger charge is 2.14. The van der Waals surface area contributed by atoms with Crippen molar-refractivity contribution in [3.63, 3.8) is 0 Å². The number of hydrogen-bond acceptors (Lipinski definition) is 4. The van der Waals surface area contributed by atoms with Crippen LogP contribution in [0.1, 0.15) is 11.7 Å². The summed E-state index contributed by atoms with van der Waals surface area (Å²) in [4.78, 5) is 0.299. The second-order valence-corrected chi connectivity index (χ2v) is 6.77. The molecule has 0 saturated heterocycles. The number of benzene rings is 2. The molecule has 0 unspecified atom stereocenters. The Labute approximate surface area is 125 Å². The average Bonchev–Trinajstić information content (AvgIpc) is 2.48. The van der Waals surface area contributed by atoms with E-state index in [1.807, 2.05) is 30.3 Å². The summed E-state index contributed by atoms with van der Waals surface area (Å²) >= 11 is 0. The predicted octanol–water partition coefficient (Wildman–Crippen LogP) is 2.89. The molecule has 2 rings (SSSR count). The number of para-hydroxylation sites is 1. The van der Waals surface area contributed by atoms with Gasteiger partial charge in [-0.25, -0.2) is 8.42 Å². The number of nitrogens with one attached hydrogen (secondary N) is 1. The summed E-state index contributed by atoms with van der Waals surface area (Å²) in [5.41, 5.74) is 1.64. The Hall–Kier alpha value is -1.85. The van der Waals surface area contributed by atoms with Crippen molar-refractivity contribution in [3.05, 3.63) is 60.2 Å². The van der Waals surface area contributed by atoms with E-state index in [9.17, 15) is 8.42 Å². The minimum absolute atomic E-state index is 0.140. The van der Waals surface area contributed by atoms with Crippen molar-refractivity contribution in [1.29, 1.82) is 0 Å². The molecular weight excluding hydrogens is 286 g/mol. The molecule has 0 bridgehead atoms. The van der Waals surface area contributed by atoms with Gasteiger partial charge in [0.15, 0.2) is 9.84 Å². The van der Waals surface area contributed by atoms with Crippen LogP contribution in [0.15, 0.2) is 59.5 Å². The molecule has 2 aromatic carbocycles. The average molecular weight is 305 g/mol. The van der Waals surface area contributed by atoms with Crippen LogP contribution in [0.2, 0.25) is 0 Å². The molecule has 1 N–H and O–H groups in total. The minimum Gasteiger partial charge on any atom is -0.381 e. The van der Waals surface area contributed by atoms with Crippen molar-refractivity contribution in [2.75, 3.05) is 25.2 Å². The lowest BCUT2D eigenvalue weighted by Crippen LogP contribution is -2.16. The molecule has 0 aliphatic carbocycles. The molecule has 0 aromatic heterocycles. The van der Waals surface area contributed by atoms with Crippen molar-refractivity contribution in [3.8, 4) is 0 Å². The molecule has 0 aliphatic rings. The van der Waals surface area contributed by atoms with Gasteiger partial charge in [-0.1, -0.05) is 42.5 Å². The van der Waals surface area contributed by atoms with E-state index in [4.69, 9.17) is 4.74 Å². The lowest BCUT2D eigenvalue weighted by Gasteiger charge is -2.18. The zero-order valence-electron chi connectivity index (χ0n) is 12.1. The van der Waals surface area contributed by atoms with Crippen LogP contribution in [0.5, 0.6) is 0 Å². The molecule has 0 fully saturated rings. The van der Waals surface area contributed by atoms with Crippen LogP contribution in [0.3, 0.4) is 0 Å². The van der Waals surface area contributed by atoms with Crippen LogP contribution in [0, 0.1) is 0 Å². The molecular formula is C16H19NO3S. The summed E-state index contributed by atoms with van der Waals surface area (Å²) in [5, 5.41) is 3.17. The maximum absolute atomic E-state index is 11.8. The fraction of sp³-hybridized carbons (Fsp3) is 0.250. The van der Waals surface area contributed by atoms with Gasteiger partial charge >= 0.3 is 0 Å². The molecule has 0 heterocycles. The maximum atomic E-state index is 11.8. The van der Waals surface area contributed by atoms with Gasteiger partial charge in [-0.15, -0.1) is 0 Å². The zero-order valence-corrected chi connectivity index (χ0v) is 12.9. The number of hydrogen-bond donors (Lipinski definition) is 1. The zero-order chi connectivity index (χ0) is 15.3. The molecule has 21 heavy (non-hydrogen) atoms. The van der Waals surface area contributed by atoms with Gasteiger partial charge in [0, 0.05) is 19.9 Å². The number of ether oxygens (including phenoxy) is 1. The van der Waals surface area contributed by atoms with Crippen molar-refractivity contribution in [1.82, 2.24) is 0 Å². The quantitative estimate of drug-likeness (QED) is 0.891. The van der Waals surface area contributed by atoms with Crippen LogP contribution in [-0.2, 0) is 14.6 Å². The lowest BCUT2D eigenvalue weighted by molar-refractivity contribution is 0.114. The minimum atomic E-state index is -3.26. The second-order valence-electron chi connectivity index (χ2n) is 4.78. The third-order valence-electron chi connectivity index (χ3n) is 3.22. The normalized spacial score (nSPS) is 12.9. The second kappa shape index (κ2) is 6.74. The Morgan fingerprint density at radius 1 is 1.05 bits per heavy atom. The van der Waals surface area contributed by atoms with Crippen LogP contribution in [0.25, 0.3) is 0 Å². The van der Waals surface area contributed by atoms with E-state index in [1.165, 1.54) is 6.26 Å². The summed E-state index contributed by atoms with van der Waals surface area (Å²) in [5.74, 6) is 0. The Bertz CT molecular complexity index is 684. The highest BCUT2D eigenvalue weighted by Crippen LogP contribution is 2.23. The van der Waals surface area contributed by atoms with E-state index in [1.54, 1.807) is 31.4 Å². The molecule has 2 aromatic rings. The van der Waals surface area contributed by atoms with Gasteiger partial charge in [0.1, 0.15) is 0 Å². The van der Waals surface area contributed by atoms with Crippen molar-refractivity contribution >= 4 is 15.5 Å². The monoisotopic (exact) mass is 305 g/mol. The van der Waals surface area contributed by atoms with E-state index in [0.29, 0.717) is 17.1 Å². The molecule has 1 atom stereocenters. The highest BCUT2D eigenvalue weighted by molar-refractivity contribution is 7.90. The standard InChI is InChI=1S/C16H19NO3S/c1-20-15(13-8-4-3-5-9-13)12-17-14-10-6-7-11-16(14)21(2,18)19/h3-11,15,17H,12H2,1-2H3/t15-/m1/s1. The fourth-order valence-electron chi connectivity index (χ4n) is 2.14. The molecule has 112 valence electrons. The van der Waals surface area contributed by atoms with E-state index < -0.39 is 9.84 Å². The van der Waals surface area contributed by atoms with Gasteiger partial charge in [-0.2, -0.15) is 0 Å². The van der Waals surface area contributed by atoms with E-state index >= 15 is 0 Å². The van der Waals surface area contributed by atoms with E-state index in [-0.39, 0.29) is 6.10 Å². The molecule has 0 radical (unpaired) electrons. The smallest absolute Gasteiger partial charge is 0.177 e. The van der Waals surface area contributed by atoms with Gasteiger partial charge < -0.3 is 10.1 Å². The van der Waals surface area contributed by atoms with Crippen molar-refractivity contribution < 1.29 is 13.2 Å². The Balaban J connectivity index is 2.16. The number of anilines is 1. The summed E-state index contributed by atoms with van der Waals surface area (Å²) in [6.45, 7) is 0.493. The van der Waals surface area contributed by atoms with E-state index in [2.05, 4.69) is 5.32 Å². The first-order chi connectivity index (χ1) is 10.0. The first-order valence-electron chi connectivity index (χ1n) is 6.63. The van der Waals surface area contributed by atoms with Crippen molar-refractivity contribution in [2.24, 2.45) is 0 Å². The molecule has 0 spiro atoms. The van der Waals surface area contributed by atoms with E-state index in [0.717, 1.165) is 5.56 Å². The Morgan fingerprint density at radius 3 is 2.29 bits per heavy atom. The fourth-order valence-corrected chi connectivity index (χ4v) is 3.01. The predicted molar refractivity (Wildman–Crippen MR) is 84.2 cm³/mol. The summed E-state index contributed by atoms with van der Waals surface area (Å²) < 4.78 is 29.0. The first kappa shape index (κ1) is 15.5. The number of sulfone groups is 1. The largest absolute Gasteiger partial charge is 0.381 e. The first-order valence-corrected chi connectivity index (χ1v) is 8.52. The van der Waals surface area contributed by atoms with Crippen molar-refractivity contribution in [2.45, 2.75) is 11.0 Å². The van der Waals surface area contributed by atoms with Gasteiger partial charge in [0.2, 0.25) is 0 Å². The van der Waals surface area contributed by atoms with Crippen LogP contribution in [-0.4, -0.2) is 28.3 Å². The summed E-state index contributed by atoms with van der Waals surface area (Å²) in [6, 6.07) is 16.7. The van der Waals surface area contributed by atoms with Gasteiger partial charge in [-0.3, -0.25) is 0 Å². The SMILES string of the molecule is CO[C@H](CNc1ccccc1S(C)(=O)=O)c1ccccc1. The lowest BCUT2D eigenvalue weighted by atomic mass is 10.1. The van der Waals surface area contributed by atoms with Crippen LogP contribution >= 0.6 is 0 Å². The topological polar surface area (TPSA) is 55.4 Å². The summed E-state index contributed by atoms with van der Waals surface area (Å²) in [7, 11) is -1.62. The van der Waals surface area contributed by atoms with Gasteiger partial charge in [0.05, 0.1) is 16.7 Å². The maximum Gasteiger partial charge on any atom is 0.177 e. The Kier molecular flexibility index (Phi) is 4.98. The molecule has 5 heteroatoms. The van der Waals surface area contributed by atoms with Gasteiger partial charge in [-0.05, 0) is 17.7 Å². The molecule has 0 aliphatic heterocycles. The van der Waals surface area contributed by atoms with Crippen LogP contribution in [0.4, 0.5) is 5.69 Å². The highest BCUT2D eigenvalue weighted by atomic mass is 32.2. The van der Waals surface area contributed by atoms with Gasteiger partial charge in [0.25, 0.3) is 0 Å². The van der Waals surface area contributed by atoms with Crippen LogP contribution < -0.4 is 5.32 Å². The molecule has 4 nitrogen and oxygen atoms in total. The third kappa shape index (κ3) is 4.06. The molecule has 0 saturated carbocycles. The molecule has 0 amide bonds. The number of methoxy groups -OCH3 is 1. The third-order valence-corrected chi connectivity index (χ3v) is 4.38. The number of rotatable bonds is 6. The summed E-state index contributed by atoms with van der Waals surface area (Å²) in [6.07, 6.45) is 1.07.